The number of hydrogen-bond acceptors (Lipinski definition) is 31. The minimum atomic E-state index is -0.986. The van der Waals surface area contributed by atoms with Gasteiger partial charge in [0.1, 0.15) is 44.1 Å². The molecule has 1 radical (unpaired) electrons. The smallest absolute Gasteiger partial charge is 0.335 e. The number of aromatic carboxylic acids is 1. The van der Waals surface area contributed by atoms with E-state index in [4.69, 9.17) is 60.4 Å². The molecule has 0 bridgehead atoms. The highest BCUT2D eigenvalue weighted by Crippen LogP contribution is 2.15. The Labute approximate surface area is 513 Å². The first-order valence-electron chi connectivity index (χ1n) is 26.6. The molecule has 1 aliphatic rings. The number of fused-ring (bicyclic) bond motifs is 4. The highest BCUT2D eigenvalue weighted by Gasteiger charge is 2.22. The van der Waals surface area contributed by atoms with Crippen LogP contribution >= 0.6 is 11.6 Å². The highest BCUT2D eigenvalue weighted by atomic mass is 35.5. The van der Waals surface area contributed by atoms with E-state index in [2.05, 4.69) is 76.5 Å². The molecule has 9 N–H and O–H groups in total. The lowest BCUT2D eigenvalue weighted by Gasteiger charge is -2.13. The Balaban J connectivity index is 0.000000275. The summed E-state index contributed by atoms with van der Waals surface area (Å²) in [6.45, 7) is 6.41. The van der Waals surface area contributed by atoms with Gasteiger partial charge in [-0.2, -0.15) is 0 Å². The second-order valence-corrected chi connectivity index (χ2v) is 17.5. The first-order valence-corrected chi connectivity index (χ1v) is 27.0. The second kappa shape index (κ2) is 41.6. The zero-order chi connectivity index (χ0) is 64.6. The predicted molar refractivity (Wildman–Crippen MR) is 308 cm³/mol. The summed E-state index contributed by atoms with van der Waals surface area (Å²) in [5.74, 6) is 6.69. The third kappa shape index (κ3) is 26.5. The number of nitrogens with two attached hydrogens (primary N) is 2. The SMILES string of the molecule is NNC(=O)c1ccc2nonc2c1.NN[B]C=O.O=C(CCOCCOCCOCCOCCOCCOCCOCCOCCN1C(=O)C=CC1=O)NNC(=O)c1ccc2nonc2c1.O=C(Cl)c1ccc2nonc2c1.O=C(O)c1ccc2nonc2c1. The minimum absolute atomic E-state index is 0.0683. The molecule has 0 saturated heterocycles. The van der Waals surface area contributed by atoms with Gasteiger partial charge < -0.3 is 47.8 Å². The number of carboxylic acids is 1. The number of benzene rings is 4. The monoisotopic (exact) mass is 1280 g/mol. The Bertz CT molecular complexity index is 3450. The fourth-order valence-corrected chi connectivity index (χ4v) is 6.78. The van der Waals surface area contributed by atoms with Crippen LogP contribution in [-0.2, 0) is 57.1 Å². The van der Waals surface area contributed by atoms with Gasteiger partial charge >= 0.3 is 13.4 Å². The van der Waals surface area contributed by atoms with E-state index < -0.39 is 23.0 Å². The van der Waals surface area contributed by atoms with E-state index in [0.29, 0.717) is 160 Å². The number of carbonyl (C=O) groups excluding carboxylic acids is 7. The first kappa shape index (κ1) is 71.3. The summed E-state index contributed by atoms with van der Waals surface area (Å²) < 4.78 is 61.2. The molecular formula is C52H60BClN15O21. The largest absolute Gasteiger partial charge is 0.478 e. The summed E-state index contributed by atoms with van der Waals surface area (Å²) in [6.07, 6.45) is 3.13. The summed E-state index contributed by atoms with van der Waals surface area (Å²) in [7, 11) is 1.10. The number of halogens is 1. The van der Waals surface area contributed by atoms with Gasteiger partial charge in [-0.3, -0.25) is 61.1 Å². The third-order valence-corrected chi connectivity index (χ3v) is 11.3. The topological polar surface area (TPSA) is 490 Å². The van der Waals surface area contributed by atoms with Crippen molar-refractivity contribution in [1.82, 2.24) is 67.8 Å². The zero-order valence-electron chi connectivity index (χ0n) is 47.6. The van der Waals surface area contributed by atoms with Crippen LogP contribution in [-0.4, -0.2) is 218 Å². The van der Waals surface area contributed by atoms with Crippen molar-refractivity contribution in [1.29, 1.82) is 0 Å². The summed E-state index contributed by atoms with van der Waals surface area (Å²) >= 11 is 5.25. The molecule has 36 nitrogen and oxygen atoms in total. The molecule has 8 aromatic rings. The number of rotatable bonds is 33. The van der Waals surface area contributed by atoms with E-state index >= 15 is 0 Å². The maximum atomic E-state index is 12.1. The number of ether oxygens (including phenoxy) is 8. The Hall–Kier alpha value is -9.51. The maximum absolute atomic E-state index is 12.1. The molecule has 479 valence electrons. The highest BCUT2D eigenvalue weighted by molar-refractivity contribution is 6.67. The number of imide groups is 1. The first-order chi connectivity index (χ1) is 43.8. The number of nitrogens with zero attached hydrogens (tertiary/aromatic N) is 9. The van der Waals surface area contributed by atoms with Crippen LogP contribution in [0.4, 0.5) is 0 Å². The Kier molecular flexibility index (Phi) is 32.9. The van der Waals surface area contributed by atoms with Crippen LogP contribution in [0.3, 0.4) is 0 Å². The van der Waals surface area contributed by atoms with Gasteiger partial charge in [-0.25, -0.2) is 29.2 Å². The predicted octanol–water partition coefficient (Wildman–Crippen LogP) is 0.0399. The number of carbonyl (C=O) groups is 8. The van der Waals surface area contributed by atoms with E-state index in [0.717, 1.165) is 12.3 Å². The summed E-state index contributed by atoms with van der Waals surface area (Å²) in [5, 5.41) is 38.8. The molecular weight excluding hydrogens is 1220 g/mol. The van der Waals surface area contributed by atoms with Gasteiger partial charge in [-0.1, -0.05) is 0 Å². The number of nitrogens with one attached hydrogen (secondary N) is 4. The van der Waals surface area contributed by atoms with Crippen LogP contribution in [0, 0.1) is 0 Å². The number of aromatic nitrogens is 8. The van der Waals surface area contributed by atoms with Gasteiger partial charge in [-0.15, -0.1) is 0 Å². The lowest BCUT2D eigenvalue weighted by Crippen LogP contribution is -2.42. The van der Waals surface area contributed by atoms with E-state index in [1.807, 2.05) is 10.8 Å². The van der Waals surface area contributed by atoms with Gasteiger partial charge in [0, 0.05) is 28.8 Å². The van der Waals surface area contributed by atoms with Crippen molar-refractivity contribution in [3.8, 4) is 0 Å². The molecule has 4 aromatic heterocycles. The molecule has 0 atom stereocenters. The van der Waals surface area contributed by atoms with Gasteiger partial charge in [0.15, 0.2) is 0 Å². The fourth-order valence-electron chi connectivity index (χ4n) is 6.66. The van der Waals surface area contributed by atoms with Crippen LogP contribution in [0.2, 0.25) is 0 Å². The van der Waals surface area contributed by atoms with Crippen LogP contribution in [0.15, 0.2) is 103 Å². The van der Waals surface area contributed by atoms with Crippen molar-refractivity contribution in [3.63, 3.8) is 0 Å². The van der Waals surface area contributed by atoms with E-state index in [-0.39, 0.29) is 49.5 Å². The molecule has 9 rings (SSSR count). The average Bonchev–Trinajstić information content (AvgIpc) is 2.61. The quantitative estimate of drug-likeness (QED) is 0.00417. The molecule has 1 aliphatic heterocycles. The molecule has 4 aromatic carbocycles. The van der Waals surface area contributed by atoms with E-state index in [9.17, 15) is 38.4 Å². The van der Waals surface area contributed by atoms with Crippen LogP contribution in [0.25, 0.3) is 44.1 Å². The number of hydrazine groups is 3. The number of amides is 5. The maximum Gasteiger partial charge on any atom is 0.335 e. The molecule has 90 heavy (non-hydrogen) atoms. The van der Waals surface area contributed by atoms with Crippen molar-refractivity contribution in [3.05, 3.63) is 107 Å². The van der Waals surface area contributed by atoms with Gasteiger partial charge in [0.25, 0.3) is 28.9 Å². The van der Waals surface area contributed by atoms with Gasteiger partial charge in [0.2, 0.25) is 5.91 Å². The Morgan fingerprint density at radius 3 is 1.17 bits per heavy atom. The molecule has 0 fully saturated rings. The third-order valence-electron chi connectivity index (χ3n) is 11.1. The lowest BCUT2D eigenvalue weighted by atomic mass is 10.0. The average molecular weight is 1280 g/mol. The van der Waals surface area contributed by atoms with Crippen LogP contribution in [0.5, 0.6) is 0 Å². The molecule has 38 heteroatoms. The second-order valence-electron chi connectivity index (χ2n) is 17.2. The lowest BCUT2D eigenvalue weighted by molar-refractivity contribution is -0.137. The van der Waals surface area contributed by atoms with Crippen molar-refractivity contribution in [2.75, 3.05) is 112 Å². The van der Waals surface area contributed by atoms with Gasteiger partial charge in [0.05, 0.1) is 130 Å². The molecule has 0 unspecified atom stereocenters. The summed E-state index contributed by atoms with van der Waals surface area (Å²) in [4.78, 5) is 89.4. The van der Waals surface area contributed by atoms with Crippen molar-refractivity contribution < 1.29 is 99.9 Å². The standard InChI is InChI=1S/C30H43N5O13.C7H3ClN2O2.C7H6N4O2.C7H4N2O3.CH4BN2O/c36-27(31-32-30(39)24-1-2-25-26(23-24)34-48-33-25)5-7-40-9-11-42-13-15-44-17-19-46-21-22-47-20-18-45-16-14-43-12-10-41-8-6-35-28(37)3-4-29(35)38;8-7(11)4-1-2-5-6(3-4)10-12-9-5;8-9-7(12)4-1-2-5-6(3-4)11-13-10-5;10-7(11)4-1-2-5-6(3-4)9-12-8-5;3-4-2-1-5/h1-4,23H,5-22H2,(H,31,36)(H,32,39);1-3H;1-3H,8H2,(H,9,12);1-3H,(H,10,11);1,4H,3H2. The number of carboxylic acid groups (broad SMARTS) is 1. The summed E-state index contributed by atoms with van der Waals surface area (Å²) in [6, 6.07) is 18.6. The molecule has 0 saturated carbocycles. The Morgan fingerprint density at radius 1 is 0.478 bits per heavy atom. The minimum Gasteiger partial charge on any atom is -0.478 e. The fraction of sp³-hybridized carbons (Fsp3) is 0.346. The molecule has 5 amide bonds. The van der Waals surface area contributed by atoms with Crippen molar-refractivity contribution in [2.45, 2.75) is 6.42 Å². The molecule has 0 spiro atoms. The Morgan fingerprint density at radius 2 is 0.811 bits per heavy atom. The summed E-state index contributed by atoms with van der Waals surface area (Å²) in [5.41, 5.74) is 12.2. The van der Waals surface area contributed by atoms with Crippen molar-refractivity contribution in [2.24, 2.45) is 11.7 Å². The number of nitrogen functional groups attached to an aromatic ring is 1. The van der Waals surface area contributed by atoms with E-state index in [1.165, 1.54) is 36.4 Å². The van der Waals surface area contributed by atoms with Crippen LogP contribution < -0.4 is 33.3 Å². The van der Waals surface area contributed by atoms with Crippen molar-refractivity contribution >= 4 is 110 Å². The zero-order valence-corrected chi connectivity index (χ0v) is 48.4. The number of hydrogen-bond donors (Lipinski definition) is 7. The molecule has 5 heterocycles. The normalized spacial score (nSPS) is 11.4. The van der Waals surface area contributed by atoms with Crippen LogP contribution in [0.1, 0.15) is 47.9 Å². The van der Waals surface area contributed by atoms with Gasteiger partial charge in [-0.05, 0) is 126 Å². The van der Waals surface area contributed by atoms with E-state index in [1.54, 1.807) is 48.5 Å². The molecule has 0 aliphatic carbocycles.